The van der Waals surface area contributed by atoms with E-state index in [9.17, 15) is 4.79 Å². The average molecular weight is 273 g/mol. The van der Waals surface area contributed by atoms with Gasteiger partial charge in [-0.25, -0.2) is 9.78 Å². The van der Waals surface area contributed by atoms with Crippen molar-refractivity contribution >= 4 is 17.3 Å². The van der Waals surface area contributed by atoms with Crippen LogP contribution in [-0.2, 0) is 6.54 Å². The van der Waals surface area contributed by atoms with Gasteiger partial charge in [-0.3, -0.25) is 0 Å². The normalized spacial score (nSPS) is 10.1. The number of nitrogens with two attached hydrogens (primary N) is 1. The van der Waals surface area contributed by atoms with Gasteiger partial charge in [0.05, 0.1) is 24.0 Å². The van der Waals surface area contributed by atoms with Crippen molar-refractivity contribution in [1.82, 2.24) is 4.98 Å². The van der Waals surface area contributed by atoms with Gasteiger partial charge in [0.2, 0.25) is 5.88 Å². The van der Waals surface area contributed by atoms with Crippen molar-refractivity contribution in [3.8, 4) is 5.88 Å². The molecule has 2 rings (SSSR count). The first-order chi connectivity index (χ1) is 9.60. The minimum atomic E-state index is -0.998. The Hall–Kier alpha value is -2.76. The molecule has 0 spiro atoms. The molecule has 0 radical (unpaired) electrons. The van der Waals surface area contributed by atoms with E-state index in [0.717, 1.165) is 5.56 Å². The van der Waals surface area contributed by atoms with Crippen LogP contribution in [0.4, 0.5) is 11.4 Å². The zero-order valence-corrected chi connectivity index (χ0v) is 11.0. The fourth-order valence-electron chi connectivity index (χ4n) is 1.69. The molecule has 0 bridgehead atoms. The van der Waals surface area contributed by atoms with Gasteiger partial charge in [0, 0.05) is 18.8 Å². The minimum absolute atomic E-state index is 0.166. The van der Waals surface area contributed by atoms with Crippen molar-refractivity contribution in [2.75, 3.05) is 18.2 Å². The summed E-state index contributed by atoms with van der Waals surface area (Å²) >= 11 is 0. The van der Waals surface area contributed by atoms with E-state index in [1.165, 1.54) is 12.1 Å². The van der Waals surface area contributed by atoms with Crippen LogP contribution in [0.3, 0.4) is 0 Å². The molecule has 0 atom stereocenters. The fourth-order valence-corrected chi connectivity index (χ4v) is 1.69. The van der Waals surface area contributed by atoms with Gasteiger partial charge in [0.15, 0.2) is 0 Å². The first kappa shape index (κ1) is 13.7. The van der Waals surface area contributed by atoms with E-state index >= 15 is 0 Å². The second kappa shape index (κ2) is 5.92. The lowest BCUT2D eigenvalue weighted by molar-refractivity contribution is 0.0697. The van der Waals surface area contributed by atoms with E-state index < -0.39 is 5.97 Å². The number of carboxylic acid groups (broad SMARTS) is 1. The number of ether oxygens (including phenoxy) is 1. The Morgan fingerprint density at radius 3 is 2.75 bits per heavy atom. The van der Waals surface area contributed by atoms with Crippen LogP contribution >= 0.6 is 0 Å². The number of methoxy groups -OCH3 is 1. The van der Waals surface area contributed by atoms with Crippen molar-refractivity contribution in [2.45, 2.75) is 6.54 Å². The zero-order valence-electron chi connectivity index (χ0n) is 11.0. The molecule has 0 saturated carbocycles. The van der Waals surface area contributed by atoms with Gasteiger partial charge in [-0.05, 0) is 23.8 Å². The number of aromatic carboxylic acids is 1. The smallest absolute Gasteiger partial charge is 0.335 e. The highest BCUT2D eigenvalue weighted by Crippen LogP contribution is 2.20. The number of nitrogens with one attached hydrogen (secondary N) is 1. The molecule has 0 aliphatic heterocycles. The molecule has 0 aliphatic rings. The third kappa shape index (κ3) is 3.17. The molecule has 0 aliphatic carbocycles. The number of nitrogen functional groups attached to an aromatic ring is 1. The third-order valence-corrected chi connectivity index (χ3v) is 2.79. The van der Waals surface area contributed by atoms with Crippen LogP contribution in [0, 0.1) is 0 Å². The van der Waals surface area contributed by atoms with E-state index in [-0.39, 0.29) is 5.56 Å². The van der Waals surface area contributed by atoms with Gasteiger partial charge in [0.25, 0.3) is 0 Å². The summed E-state index contributed by atoms with van der Waals surface area (Å²) in [6.07, 6.45) is 1.70. The number of aromatic nitrogens is 1. The predicted molar refractivity (Wildman–Crippen MR) is 75.9 cm³/mol. The van der Waals surface area contributed by atoms with Gasteiger partial charge in [-0.15, -0.1) is 0 Å². The summed E-state index contributed by atoms with van der Waals surface area (Å²) in [6.45, 7) is 0.535. The van der Waals surface area contributed by atoms with Crippen LogP contribution < -0.4 is 15.8 Å². The quantitative estimate of drug-likeness (QED) is 0.721. The molecular weight excluding hydrogens is 258 g/mol. The molecule has 0 amide bonds. The molecule has 0 saturated heterocycles. The maximum atomic E-state index is 10.8. The van der Waals surface area contributed by atoms with Crippen LogP contribution in [0.25, 0.3) is 0 Å². The Kier molecular flexibility index (Phi) is 4.05. The van der Waals surface area contributed by atoms with Gasteiger partial charge in [0.1, 0.15) is 0 Å². The van der Waals surface area contributed by atoms with Crippen molar-refractivity contribution in [1.29, 1.82) is 0 Å². The number of benzene rings is 1. The van der Waals surface area contributed by atoms with Gasteiger partial charge < -0.3 is 20.9 Å². The Labute approximate surface area is 116 Å². The maximum absolute atomic E-state index is 10.8. The van der Waals surface area contributed by atoms with Crippen LogP contribution in [0.15, 0.2) is 36.5 Å². The van der Waals surface area contributed by atoms with E-state index in [2.05, 4.69) is 10.3 Å². The molecule has 1 heterocycles. The molecule has 1 aromatic heterocycles. The average Bonchev–Trinajstić information content (AvgIpc) is 2.46. The molecular formula is C14H15N3O3. The highest BCUT2D eigenvalue weighted by atomic mass is 16.5. The molecule has 4 N–H and O–H groups in total. The number of carbonyl (C=O) groups is 1. The second-order valence-electron chi connectivity index (χ2n) is 4.17. The molecule has 0 fully saturated rings. The number of anilines is 2. The summed E-state index contributed by atoms with van der Waals surface area (Å²) in [4.78, 5) is 14.9. The molecule has 2 aromatic rings. The van der Waals surface area contributed by atoms with Crippen molar-refractivity contribution < 1.29 is 14.6 Å². The summed E-state index contributed by atoms with van der Waals surface area (Å²) in [5, 5.41) is 12.0. The lowest BCUT2D eigenvalue weighted by atomic mass is 10.1. The molecule has 20 heavy (non-hydrogen) atoms. The number of hydrogen-bond donors (Lipinski definition) is 3. The van der Waals surface area contributed by atoms with Crippen molar-refractivity contribution in [3.63, 3.8) is 0 Å². The lowest BCUT2D eigenvalue weighted by Gasteiger charge is -2.10. The fraction of sp³-hybridized carbons (Fsp3) is 0.143. The van der Waals surface area contributed by atoms with Crippen LogP contribution in [0.2, 0.25) is 0 Å². The highest BCUT2D eigenvalue weighted by molar-refractivity contribution is 5.90. The number of rotatable bonds is 5. The Morgan fingerprint density at radius 2 is 2.20 bits per heavy atom. The summed E-state index contributed by atoms with van der Waals surface area (Å²) in [6, 6.07) is 8.24. The van der Waals surface area contributed by atoms with Gasteiger partial charge in [-0.1, -0.05) is 6.07 Å². The number of nitrogens with zero attached hydrogens (tertiary/aromatic N) is 1. The number of hydrogen-bond acceptors (Lipinski definition) is 5. The van der Waals surface area contributed by atoms with E-state index in [0.29, 0.717) is 23.8 Å². The van der Waals surface area contributed by atoms with E-state index in [4.69, 9.17) is 15.6 Å². The van der Waals surface area contributed by atoms with Crippen LogP contribution in [-0.4, -0.2) is 23.2 Å². The number of carboxylic acids is 1. The van der Waals surface area contributed by atoms with Gasteiger partial charge >= 0.3 is 5.97 Å². The Morgan fingerprint density at radius 1 is 1.40 bits per heavy atom. The van der Waals surface area contributed by atoms with E-state index in [1.807, 2.05) is 6.07 Å². The summed E-state index contributed by atoms with van der Waals surface area (Å²) in [5.41, 5.74) is 8.02. The molecule has 1 aromatic carbocycles. The first-order valence-corrected chi connectivity index (χ1v) is 5.96. The zero-order chi connectivity index (χ0) is 14.5. The monoisotopic (exact) mass is 273 g/mol. The molecule has 104 valence electrons. The molecule has 6 heteroatoms. The summed E-state index contributed by atoms with van der Waals surface area (Å²) in [7, 11) is 1.56. The van der Waals surface area contributed by atoms with Crippen LogP contribution in [0.5, 0.6) is 5.88 Å². The predicted octanol–water partition coefficient (Wildman–Crippen LogP) is 1.98. The van der Waals surface area contributed by atoms with E-state index in [1.54, 1.807) is 25.4 Å². The topological polar surface area (TPSA) is 97.5 Å². The molecule has 0 unspecified atom stereocenters. The highest BCUT2D eigenvalue weighted by Gasteiger charge is 2.06. The third-order valence-electron chi connectivity index (χ3n) is 2.79. The summed E-state index contributed by atoms with van der Waals surface area (Å²) < 4.78 is 4.98. The first-order valence-electron chi connectivity index (χ1n) is 5.96. The lowest BCUT2D eigenvalue weighted by Crippen LogP contribution is -2.05. The van der Waals surface area contributed by atoms with Crippen molar-refractivity contribution in [3.05, 3.63) is 47.7 Å². The summed E-state index contributed by atoms with van der Waals surface area (Å²) in [5.74, 6) is -0.443. The number of pyridine rings is 1. The van der Waals surface area contributed by atoms with Gasteiger partial charge in [-0.2, -0.15) is 0 Å². The van der Waals surface area contributed by atoms with Crippen LogP contribution in [0.1, 0.15) is 15.9 Å². The SMILES string of the molecule is COc1ccc(CNc2ccc(C(=O)O)cc2N)cn1. The maximum Gasteiger partial charge on any atom is 0.335 e. The minimum Gasteiger partial charge on any atom is -0.481 e. The van der Waals surface area contributed by atoms with Crippen molar-refractivity contribution in [2.24, 2.45) is 0 Å². The Bertz CT molecular complexity index is 612. The second-order valence-corrected chi connectivity index (χ2v) is 4.17. The standard InChI is InChI=1S/C14H15N3O3/c1-20-13-5-2-9(8-17-13)7-16-12-4-3-10(14(18)19)6-11(12)15/h2-6,8,16H,7,15H2,1H3,(H,18,19). The largest absolute Gasteiger partial charge is 0.481 e. The Balaban J connectivity index is 2.04. The molecule has 6 nitrogen and oxygen atoms in total.